The summed E-state index contributed by atoms with van der Waals surface area (Å²) in [6.07, 6.45) is 2.26. The van der Waals surface area contributed by atoms with Crippen molar-refractivity contribution < 1.29 is 4.74 Å². The summed E-state index contributed by atoms with van der Waals surface area (Å²) in [6, 6.07) is 6.18. The summed E-state index contributed by atoms with van der Waals surface area (Å²) >= 11 is 6.11. The quantitative estimate of drug-likeness (QED) is 0.858. The summed E-state index contributed by atoms with van der Waals surface area (Å²) < 4.78 is 7.68. The van der Waals surface area contributed by atoms with Gasteiger partial charge in [0.25, 0.3) is 0 Å². The zero-order valence-corrected chi connectivity index (χ0v) is 12.0. The van der Waals surface area contributed by atoms with E-state index in [0.717, 1.165) is 44.4 Å². The van der Waals surface area contributed by atoms with Crippen LogP contribution >= 0.6 is 11.6 Å². The van der Waals surface area contributed by atoms with Gasteiger partial charge in [-0.25, -0.2) is 0 Å². The highest BCUT2D eigenvalue weighted by Gasteiger charge is 2.14. The molecule has 0 unspecified atom stereocenters. The first-order valence-electron chi connectivity index (χ1n) is 6.85. The minimum Gasteiger partial charge on any atom is -0.379 e. The van der Waals surface area contributed by atoms with Gasteiger partial charge in [0, 0.05) is 48.3 Å². The van der Waals surface area contributed by atoms with E-state index in [2.05, 4.69) is 34.7 Å². The van der Waals surface area contributed by atoms with E-state index in [0.29, 0.717) is 0 Å². The van der Waals surface area contributed by atoms with Gasteiger partial charge in [-0.3, -0.25) is 4.90 Å². The zero-order valence-electron chi connectivity index (χ0n) is 11.2. The summed E-state index contributed by atoms with van der Waals surface area (Å²) in [5.41, 5.74) is 2.62. The van der Waals surface area contributed by atoms with Gasteiger partial charge in [-0.15, -0.1) is 0 Å². The molecule has 0 amide bonds. The minimum absolute atomic E-state index is 0.804. The van der Waals surface area contributed by atoms with Crippen LogP contribution in [0, 0.1) is 0 Å². The molecule has 2 heterocycles. The van der Waals surface area contributed by atoms with E-state index in [1.54, 1.807) is 0 Å². The maximum Gasteiger partial charge on any atom is 0.0594 e. The predicted octanol–water partition coefficient (Wildman–Crippen LogP) is 3.15. The van der Waals surface area contributed by atoms with Crippen molar-refractivity contribution in [2.45, 2.75) is 20.0 Å². The summed E-state index contributed by atoms with van der Waals surface area (Å²) in [5.74, 6) is 0. The molecule has 19 heavy (non-hydrogen) atoms. The average molecular weight is 279 g/mol. The third-order valence-electron chi connectivity index (χ3n) is 3.77. The number of halogens is 1. The molecule has 1 aliphatic rings. The SMILES string of the molecule is CCn1cc(CN2CCOCC2)c2ccc(Cl)cc21. The maximum atomic E-state index is 6.11. The molecular weight excluding hydrogens is 260 g/mol. The van der Waals surface area contributed by atoms with Crippen molar-refractivity contribution >= 4 is 22.5 Å². The number of aryl methyl sites for hydroxylation is 1. The highest BCUT2D eigenvalue weighted by Crippen LogP contribution is 2.26. The molecule has 102 valence electrons. The fourth-order valence-electron chi connectivity index (χ4n) is 2.73. The van der Waals surface area contributed by atoms with Gasteiger partial charge in [0.15, 0.2) is 0 Å². The number of ether oxygens (including phenoxy) is 1. The van der Waals surface area contributed by atoms with Gasteiger partial charge in [0.1, 0.15) is 0 Å². The Hall–Kier alpha value is -1.03. The number of rotatable bonds is 3. The Morgan fingerprint density at radius 1 is 1.26 bits per heavy atom. The van der Waals surface area contributed by atoms with Crippen LogP contribution in [-0.4, -0.2) is 35.8 Å². The number of hydrogen-bond donors (Lipinski definition) is 0. The molecule has 0 aliphatic carbocycles. The Labute approximate surface area is 118 Å². The number of benzene rings is 1. The monoisotopic (exact) mass is 278 g/mol. The summed E-state index contributed by atoms with van der Waals surface area (Å²) in [6.45, 7) is 7.86. The van der Waals surface area contributed by atoms with Gasteiger partial charge >= 0.3 is 0 Å². The summed E-state index contributed by atoms with van der Waals surface area (Å²) in [4.78, 5) is 2.45. The smallest absolute Gasteiger partial charge is 0.0594 e. The van der Waals surface area contributed by atoms with E-state index >= 15 is 0 Å². The molecule has 1 aromatic carbocycles. The number of hydrogen-bond acceptors (Lipinski definition) is 2. The molecule has 3 rings (SSSR count). The number of fused-ring (bicyclic) bond motifs is 1. The standard InChI is InChI=1S/C15H19ClN2O/c1-2-18-11-12(10-17-5-7-19-8-6-17)14-4-3-13(16)9-15(14)18/h3-4,9,11H,2,5-8,10H2,1H3. The molecule has 1 aliphatic heterocycles. The van der Waals surface area contributed by atoms with Crippen LogP contribution in [0.2, 0.25) is 5.02 Å². The fraction of sp³-hybridized carbons (Fsp3) is 0.467. The van der Waals surface area contributed by atoms with Crippen LogP contribution in [0.1, 0.15) is 12.5 Å². The van der Waals surface area contributed by atoms with E-state index in [-0.39, 0.29) is 0 Å². The number of morpholine rings is 1. The fourth-order valence-corrected chi connectivity index (χ4v) is 2.90. The van der Waals surface area contributed by atoms with Gasteiger partial charge in [-0.05, 0) is 24.6 Å². The largest absolute Gasteiger partial charge is 0.379 e. The zero-order chi connectivity index (χ0) is 13.2. The van der Waals surface area contributed by atoms with E-state index < -0.39 is 0 Å². The van der Waals surface area contributed by atoms with Crippen molar-refractivity contribution in [3.8, 4) is 0 Å². The molecule has 0 atom stereocenters. The van der Waals surface area contributed by atoms with Crippen molar-refractivity contribution in [3.63, 3.8) is 0 Å². The van der Waals surface area contributed by atoms with E-state index in [4.69, 9.17) is 16.3 Å². The summed E-state index contributed by atoms with van der Waals surface area (Å²) in [7, 11) is 0. The maximum absolute atomic E-state index is 6.11. The van der Waals surface area contributed by atoms with Crippen molar-refractivity contribution in [2.75, 3.05) is 26.3 Å². The second-order valence-electron chi connectivity index (χ2n) is 4.99. The average Bonchev–Trinajstić information content (AvgIpc) is 2.77. The molecule has 0 spiro atoms. The highest BCUT2D eigenvalue weighted by atomic mass is 35.5. The van der Waals surface area contributed by atoms with Gasteiger partial charge < -0.3 is 9.30 Å². The molecule has 0 saturated carbocycles. The van der Waals surface area contributed by atoms with Crippen LogP contribution in [-0.2, 0) is 17.8 Å². The predicted molar refractivity (Wildman–Crippen MR) is 78.7 cm³/mol. The molecule has 1 fully saturated rings. The number of nitrogens with zero attached hydrogens (tertiary/aromatic N) is 2. The normalized spacial score (nSPS) is 17.2. The molecular formula is C15H19ClN2O. The molecule has 3 nitrogen and oxygen atoms in total. The molecule has 0 N–H and O–H groups in total. The molecule has 0 radical (unpaired) electrons. The Morgan fingerprint density at radius 3 is 2.79 bits per heavy atom. The highest BCUT2D eigenvalue weighted by molar-refractivity contribution is 6.31. The first-order valence-corrected chi connectivity index (χ1v) is 7.23. The van der Waals surface area contributed by atoms with Crippen LogP contribution in [0.25, 0.3) is 10.9 Å². The Balaban J connectivity index is 1.94. The molecule has 1 aromatic heterocycles. The van der Waals surface area contributed by atoms with E-state index in [9.17, 15) is 0 Å². The Bertz CT molecular complexity index is 573. The van der Waals surface area contributed by atoms with Crippen molar-refractivity contribution in [2.24, 2.45) is 0 Å². The Kier molecular flexibility index (Phi) is 3.78. The third kappa shape index (κ3) is 2.64. The van der Waals surface area contributed by atoms with Crippen molar-refractivity contribution in [3.05, 3.63) is 35.0 Å². The topological polar surface area (TPSA) is 17.4 Å². The minimum atomic E-state index is 0.804. The van der Waals surface area contributed by atoms with Crippen molar-refractivity contribution in [1.29, 1.82) is 0 Å². The molecule has 1 saturated heterocycles. The van der Waals surface area contributed by atoms with Crippen molar-refractivity contribution in [1.82, 2.24) is 9.47 Å². The third-order valence-corrected chi connectivity index (χ3v) is 4.00. The lowest BCUT2D eigenvalue weighted by Crippen LogP contribution is -2.35. The van der Waals surface area contributed by atoms with Gasteiger partial charge in [0.05, 0.1) is 13.2 Å². The van der Waals surface area contributed by atoms with Crippen LogP contribution in [0.3, 0.4) is 0 Å². The summed E-state index contributed by atoms with van der Waals surface area (Å²) in [5, 5.41) is 2.12. The van der Waals surface area contributed by atoms with Crippen LogP contribution in [0.15, 0.2) is 24.4 Å². The van der Waals surface area contributed by atoms with E-state index in [1.165, 1.54) is 16.5 Å². The first-order chi connectivity index (χ1) is 9.28. The molecule has 0 bridgehead atoms. The molecule has 2 aromatic rings. The molecule has 4 heteroatoms. The van der Waals surface area contributed by atoms with E-state index in [1.807, 2.05) is 6.07 Å². The second kappa shape index (κ2) is 5.53. The van der Waals surface area contributed by atoms with Crippen LogP contribution in [0.4, 0.5) is 0 Å². The lowest BCUT2D eigenvalue weighted by atomic mass is 10.1. The van der Waals surface area contributed by atoms with Gasteiger partial charge in [0.2, 0.25) is 0 Å². The van der Waals surface area contributed by atoms with Gasteiger partial charge in [-0.1, -0.05) is 17.7 Å². The lowest BCUT2D eigenvalue weighted by molar-refractivity contribution is 0.0343. The van der Waals surface area contributed by atoms with Crippen LogP contribution < -0.4 is 0 Å². The van der Waals surface area contributed by atoms with Gasteiger partial charge in [-0.2, -0.15) is 0 Å². The Morgan fingerprint density at radius 2 is 2.05 bits per heavy atom. The van der Waals surface area contributed by atoms with Crippen LogP contribution in [0.5, 0.6) is 0 Å². The second-order valence-corrected chi connectivity index (χ2v) is 5.43. The first kappa shape index (κ1) is 13.0. The lowest BCUT2D eigenvalue weighted by Gasteiger charge is -2.26. The number of aromatic nitrogens is 1.